The molecule has 4 aromatic rings. The summed E-state index contributed by atoms with van der Waals surface area (Å²) >= 11 is 0. The zero-order chi connectivity index (χ0) is 24.5. The van der Waals surface area contributed by atoms with Gasteiger partial charge in [0.15, 0.2) is 0 Å². The Bertz CT molecular complexity index is 1520. The van der Waals surface area contributed by atoms with Crippen LogP contribution >= 0.6 is 0 Å². The number of H-pyrrole nitrogens is 1. The normalized spacial score (nSPS) is 12.4. The first-order valence-corrected chi connectivity index (χ1v) is 12.2. The molecule has 0 aliphatic heterocycles. The van der Waals surface area contributed by atoms with E-state index in [1.54, 1.807) is 36.4 Å². The fourth-order valence-corrected chi connectivity index (χ4v) is 5.23. The molecular weight excluding hydrogens is 450 g/mol. The van der Waals surface area contributed by atoms with Crippen molar-refractivity contribution in [3.05, 3.63) is 105 Å². The first-order chi connectivity index (χ1) is 16.1. The molecule has 0 radical (unpaired) electrons. The van der Waals surface area contributed by atoms with Crippen LogP contribution in [-0.4, -0.2) is 19.3 Å². The van der Waals surface area contributed by atoms with E-state index in [2.05, 4.69) is 15.0 Å². The van der Waals surface area contributed by atoms with E-state index >= 15 is 0 Å². The third-order valence-electron chi connectivity index (χ3n) is 5.60. The van der Waals surface area contributed by atoms with Crippen LogP contribution in [0.1, 0.15) is 28.3 Å². The summed E-state index contributed by atoms with van der Waals surface area (Å²) in [5, 5.41) is 3.47. The molecule has 0 aliphatic carbocycles. The number of rotatable bonds is 6. The van der Waals surface area contributed by atoms with Gasteiger partial charge < -0.3 is 10.3 Å². The quantitative estimate of drug-likeness (QED) is 0.390. The van der Waals surface area contributed by atoms with Crippen molar-refractivity contribution in [1.82, 2.24) is 9.71 Å². The molecule has 1 atom stereocenters. The number of sulfonamides is 1. The summed E-state index contributed by atoms with van der Waals surface area (Å²) in [7, 11) is -4.08. The Kier molecular flexibility index (Phi) is 6.37. The Morgan fingerprint density at radius 1 is 0.882 bits per heavy atom. The van der Waals surface area contributed by atoms with Gasteiger partial charge in [0.05, 0.1) is 4.90 Å². The van der Waals surface area contributed by atoms with Gasteiger partial charge in [-0.15, -0.1) is 0 Å². The Labute approximate surface area is 197 Å². The molecule has 0 bridgehead atoms. The molecule has 3 aromatic carbocycles. The zero-order valence-corrected chi connectivity index (χ0v) is 19.9. The van der Waals surface area contributed by atoms with Crippen LogP contribution in [0.2, 0.25) is 0 Å². The van der Waals surface area contributed by atoms with Gasteiger partial charge in [0.2, 0.25) is 21.5 Å². The SMILES string of the molecule is Cc1cc(C)c(NC(=O)C(NS(=O)(=O)c2ccc3[nH]c(=O)ccc3c2)c2ccccc2)c(C)c1. The van der Waals surface area contributed by atoms with Crippen molar-refractivity contribution in [3.63, 3.8) is 0 Å². The molecule has 0 aliphatic rings. The van der Waals surface area contributed by atoms with Gasteiger partial charge in [0, 0.05) is 17.3 Å². The molecule has 174 valence electrons. The molecule has 0 fully saturated rings. The molecule has 1 unspecified atom stereocenters. The Morgan fingerprint density at radius 3 is 2.24 bits per heavy atom. The number of benzene rings is 3. The predicted octanol–water partition coefficient (Wildman–Crippen LogP) is 4.11. The van der Waals surface area contributed by atoms with Gasteiger partial charge in [-0.2, -0.15) is 4.72 Å². The van der Waals surface area contributed by atoms with Crippen LogP contribution in [0.5, 0.6) is 0 Å². The number of aryl methyl sites for hydroxylation is 3. The van der Waals surface area contributed by atoms with Crippen molar-refractivity contribution < 1.29 is 13.2 Å². The maximum absolute atomic E-state index is 13.4. The van der Waals surface area contributed by atoms with Crippen molar-refractivity contribution >= 4 is 32.5 Å². The summed E-state index contributed by atoms with van der Waals surface area (Å²) in [6.07, 6.45) is 0. The molecule has 1 aromatic heterocycles. The van der Waals surface area contributed by atoms with Gasteiger partial charge in [-0.1, -0.05) is 48.0 Å². The molecule has 0 spiro atoms. The van der Waals surface area contributed by atoms with Crippen molar-refractivity contribution in [2.24, 2.45) is 0 Å². The van der Waals surface area contributed by atoms with E-state index in [0.717, 1.165) is 16.7 Å². The number of pyridine rings is 1. The van der Waals surface area contributed by atoms with E-state index in [9.17, 15) is 18.0 Å². The summed E-state index contributed by atoms with van der Waals surface area (Å²) in [6.45, 7) is 5.78. The first kappa shape index (κ1) is 23.4. The van der Waals surface area contributed by atoms with Crippen molar-refractivity contribution in [2.45, 2.75) is 31.7 Å². The van der Waals surface area contributed by atoms with Gasteiger partial charge in [-0.25, -0.2) is 8.42 Å². The van der Waals surface area contributed by atoms with Gasteiger partial charge in [-0.05, 0) is 67.1 Å². The number of aromatic amines is 1. The topological polar surface area (TPSA) is 108 Å². The third kappa shape index (κ3) is 4.93. The number of hydrogen-bond acceptors (Lipinski definition) is 4. The van der Waals surface area contributed by atoms with Crippen LogP contribution < -0.4 is 15.6 Å². The average molecular weight is 476 g/mol. The monoisotopic (exact) mass is 475 g/mol. The lowest BCUT2D eigenvalue weighted by molar-refractivity contribution is -0.117. The lowest BCUT2D eigenvalue weighted by atomic mass is 10.0. The van der Waals surface area contributed by atoms with Crippen molar-refractivity contribution in [3.8, 4) is 0 Å². The lowest BCUT2D eigenvalue weighted by Crippen LogP contribution is -2.37. The van der Waals surface area contributed by atoms with Crippen LogP contribution in [0.15, 0.2) is 82.5 Å². The number of anilines is 1. The van der Waals surface area contributed by atoms with E-state index < -0.39 is 22.0 Å². The molecule has 0 saturated carbocycles. The minimum Gasteiger partial charge on any atom is -0.324 e. The van der Waals surface area contributed by atoms with Crippen molar-refractivity contribution in [2.75, 3.05) is 5.32 Å². The second-order valence-corrected chi connectivity index (χ2v) is 10.0. The third-order valence-corrected chi connectivity index (χ3v) is 7.02. The summed E-state index contributed by atoms with van der Waals surface area (Å²) in [6, 6.07) is 18.7. The zero-order valence-electron chi connectivity index (χ0n) is 19.0. The van der Waals surface area contributed by atoms with Gasteiger partial charge in [-0.3, -0.25) is 9.59 Å². The molecule has 7 nitrogen and oxygen atoms in total. The fourth-order valence-electron chi connectivity index (χ4n) is 4.01. The van der Waals surface area contributed by atoms with E-state index in [4.69, 9.17) is 0 Å². The summed E-state index contributed by atoms with van der Waals surface area (Å²) in [5.41, 5.74) is 4.28. The summed E-state index contributed by atoms with van der Waals surface area (Å²) in [4.78, 5) is 27.6. The molecule has 4 rings (SSSR count). The predicted molar refractivity (Wildman–Crippen MR) is 133 cm³/mol. The van der Waals surface area contributed by atoms with Crippen LogP contribution in [0, 0.1) is 20.8 Å². The highest BCUT2D eigenvalue weighted by Gasteiger charge is 2.28. The fraction of sp³-hybridized carbons (Fsp3) is 0.154. The highest BCUT2D eigenvalue weighted by molar-refractivity contribution is 7.89. The summed E-state index contributed by atoms with van der Waals surface area (Å²) in [5.74, 6) is -0.491. The maximum atomic E-state index is 13.4. The van der Waals surface area contributed by atoms with Gasteiger partial charge >= 0.3 is 0 Å². The van der Waals surface area contributed by atoms with E-state index in [-0.39, 0.29) is 10.5 Å². The molecule has 1 heterocycles. The molecule has 3 N–H and O–H groups in total. The number of nitrogens with one attached hydrogen (secondary N) is 3. The van der Waals surface area contributed by atoms with Crippen LogP contribution in [-0.2, 0) is 14.8 Å². The number of amides is 1. The van der Waals surface area contributed by atoms with E-state index in [1.807, 2.05) is 32.9 Å². The highest BCUT2D eigenvalue weighted by Crippen LogP contribution is 2.25. The number of fused-ring (bicyclic) bond motifs is 1. The van der Waals surface area contributed by atoms with Crippen LogP contribution in [0.3, 0.4) is 0 Å². The van der Waals surface area contributed by atoms with Gasteiger partial charge in [0.1, 0.15) is 6.04 Å². The van der Waals surface area contributed by atoms with E-state index in [1.165, 1.54) is 24.3 Å². The minimum absolute atomic E-state index is 0.0107. The molecule has 1 amide bonds. The lowest BCUT2D eigenvalue weighted by Gasteiger charge is -2.21. The number of carbonyl (C=O) groups is 1. The Hall–Kier alpha value is -3.75. The second kappa shape index (κ2) is 9.24. The second-order valence-electron chi connectivity index (χ2n) is 8.30. The highest BCUT2D eigenvalue weighted by atomic mass is 32.2. The largest absolute Gasteiger partial charge is 0.324 e. The average Bonchev–Trinajstić information content (AvgIpc) is 2.80. The molecular formula is C26H25N3O4S. The Balaban J connectivity index is 1.70. The minimum atomic E-state index is -4.08. The molecule has 34 heavy (non-hydrogen) atoms. The van der Waals surface area contributed by atoms with Crippen LogP contribution in [0.25, 0.3) is 10.9 Å². The number of aromatic nitrogens is 1. The standard InChI is InChI=1S/C26H25N3O4S/c1-16-13-17(2)24(18(3)14-16)28-26(31)25(19-7-5-4-6-8-19)29-34(32,33)21-10-11-22-20(15-21)9-12-23(30)27-22/h4-15,25,29H,1-3H3,(H,27,30)(H,28,31). The number of carbonyl (C=O) groups excluding carboxylic acids is 1. The first-order valence-electron chi connectivity index (χ1n) is 10.7. The smallest absolute Gasteiger partial charge is 0.248 e. The van der Waals surface area contributed by atoms with Crippen LogP contribution in [0.4, 0.5) is 5.69 Å². The Morgan fingerprint density at radius 2 is 1.56 bits per heavy atom. The maximum Gasteiger partial charge on any atom is 0.248 e. The van der Waals surface area contributed by atoms with Crippen molar-refractivity contribution in [1.29, 1.82) is 0 Å². The summed E-state index contributed by atoms with van der Waals surface area (Å²) < 4.78 is 29.2. The molecule has 8 heteroatoms. The number of hydrogen-bond donors (Lipinski definition) is 3. The van der Waals surface area contributed by atoms with Gasteiger partial charge in [0.25, 0.3) is 0 Å². The van der Waals surface area contributed by atoms with E-state index in [0.29, 0.717) is 22.2 Å². The molecule has 0 saturated heterocycles.